The first-order valence-corrected chi connectivity index (χ1v) is 13.0. The standard InChI is InChI=1S/C20H28FN3O4S2/c1-29-13-10-18(20(26)22-16-4-5-16)23-19(25)14-8-11-24(12-9-14)30(27,28)17-6-2-15(21)3-7-17/h2-3,6-7,14,16,18H,4-5,8-13H2,1H3,(H,22,26)(H,23,25)/t18-/m0/s1. The molecule has 1 aromatic carbocycles. The molecule has 30 heavy (non-hydrogen) atoms. The molecular weight excluding hydrogens is 429 g/mol. The van der Waals surface area contributed by atoms with Gasteiger partial charge in [0.1, 0.15) is 11.9 Å². The summed E-state index contributed by atoms with van der Waals surface area (Å²) >= 11 is 1.62. The minimum absolute atomic E-state index is 0.0423. The Hall–Kier alpha value is -1.65. The average Bonchev–Trinajstić information content (AvgIpc) is 3.55. The van der Waals surface area contributed by atoms with Crippen LogP contribution >= 0.6 is 11.8 Å². The van der Waals surface area contributed by atoms with Crippen molar-refractivity contribution in [1.82, 2.24) is 14.9 Å². The summed E-state index contributed by atoms with van der Waals surface area (Å²) in [6.07, 6.45) is 5.24. The maximum atomic E-state index is 13.1. The van der Waals surface area contributed by atoms with Gasteiger partial charge in [0.05, 0.1) is 4.90 Å². The van der Waals surface area contributed by atoms with Crippen molar-refractivity contribution in [1.29, 1.82) is 0 Å². The number of nitrogens with one attached hydrogen (secondary N) is 2. The summed E-state index contributed by atoms with van der Waals surface area (Å²) in [7, 11) is -3.71. The van der Waals surface area contributed by atoms with Gasteiger partial charge in [-0.1, -0.05) is 0 Å². The Labute approximate surface area is 181 Å². The van der Waals surface area contributed by atoms with Crippen LogP contribution < -0.4 is 10.6 Å². The van der Waals surface area contributed by atoms with Gasteiger partial charge in [-0.25, -0.2) is 12.8 Å². The molecule has 0 radical (unpaired) electrons. The lowest BCUT2D eigenvalue weighted by atomic mass is 9.96. The molecule has 1 aromatic rings. The molecule has 1 atom stereocenters. The Bertz CT molecular complexity index is 851. The summed E-state index contributed by atoms with van der Waals surface area (Å²) < 4.78 is 39.8. The molecule has 7 nitrogen and oxygen atoms in total. The lowest BCUT2D eigenvalue weighted by Crippen LogP contribution is -2.51. The van der Waals surface area contributed by atoms with E-state index in [0.29, 0.717) is 19.3 Å². The zero-order valence-corrected chi connectivity index (χ0v) is 18.6. The fourth-order valence-electron chi connectivity index (χ4n) is 3.44. The number of thioether (sulfide) groups is 1. The summed E-state index contributed by atoms with van der Waals surface area (Å²) in [6.45, 7) is 0.420. The Kier molecular flexibility index (Phi) is 7.75. The highest BCUT2D eigenvalue weighted by atomic mass is 32.2. The Morgan fingerprint density at radius 3 is 2.37 bits per heavy atom. The normalized spacial score (nSPS) is 19.3. The minimum atomic E-state index is -3.71. The van der Waals surface area contributed by atoms with E-state index in [2.05, 4.69) is 10.6 Å². The molecule has 2 fully saturated rings. The van der Waals surface area contributed by atoms with Crippen LogP contribution in [0.15, 0.2) is 29.2 Å². The van der Waals surface area contributed by atoms with E-state index in [1.165, 1.54) is 16.4 Å². The van der Waals surface area contributed by atoms with E-state index >= 15 is 0 Å². The third-order valence-corrected chi connectivity index (χ3v) is 8.00. The van der Waals surface area contributed by atoms with Gasteiger partial charge in [-0.2, -0.15) is 16.1 Å². The van der Waals surface area contributed by atoms with Crippen molar-refractivity contribution in [2.45, 2.75) is 49.1 Å². The Morgan fingerprint density at radius 2 is 1.80 bits per heavy atom. The number of sulfonamides is 1. The van der Waals surface area contributed by atoms with Crippen molar-refractivity contribution in [3.05, 3.63) is 30.1 Å². The quantitative estimate of drug-likeness (QED) is 0.589. The van der Waals surface area contributed by atoms with E-state index in [4.69, 9.17) is 0 Å². The molecule has 3 rings (SSSR count). The molecule has 0 unspecified atom stereocenters. The minimum Gasteiger partial charge on any atom is -0.352 e. The number of carbonyl (C=O) groups is 2. The van der Waals surface area contributed by atoms with E-state index in [-0.39, 0.29) is 41.8 Å². The van der Waals surface area contributed by atoms with Crippen LogP contribution in [0.5, 0.6) is 0 Å². The highest BCUT2D eigenvalue weighted by Gasteiger charge is 2.34. The monoisotopic (exact) mass is 457 g/mol. The summed E-state index contributed by atoms with van der Waals surface area (Å²) in [5, 5.41) is 5.82. The van der Waals surface area contributed by atoms with Gasteiger partial charge in [0.15, 0.2) is 0 Å². The van der Waals surface area contributed by atoms with Crippen LogP contribution in [0.4, 0.5) is 4.39 Å². The molecule has 1 saturated carbocycles. The van der Waals surface area contributed by atoms with Crippen molar-refractivity contribution in [3.63, 3.8) is 0 Å². The molecular formula is C20H28FN3O4S2. The predicted octanol–water partition coefficient (Wildman–Crippen LogP) is 1.74. The van der Waals surface area contributed by atoms with Crippen molar-refractivity contribution >= 4 is 33.6 Å². The molecule has 2 amide bonds. The van der Waals surface area contributed by atoms with Gasteiger partial charge in [-0.15, -0.1) is 0 Å². The molecule has 1 aliphatic carbocycles. The molecule has 0 bridgehead atoms. The molecule has 0 spiro atoms. The second-order valence-corrected chi connectivity index (χ2v) is 10.7. The first-order chi connectivity index (χ1) is 14.3. The lowest BCUT2D eigenvalue weighted by molar-refractivity contribution is -0.132. The van der Waals surface area contributed by atoms with Crippen molar-refractivity contribution in [2.75, 3.05) is 25.1 Å². The first kappa shape index (κ1) is 23.0. The highest BCUT2D eigenvalue weighted by molar-refractivity contribution is 7.98. The second kappa shape index (κ2) is 10.1. The zero-order valence-electron chi connectivity index (χ0n) is 17.0. The molecule has 2 N–H and O–H groups in total. The first-order valence-electron chi connectivity index (χ1n) is 10.2. The maximum Gasteiger partial charge on any atom is 0.243 e. The highest BCUT2D eigenvalue weighted by Crippen LogP contribution is 2.24. The largest absolute Gasteiger partial charge is 0.352 e. The summed E-state index contributed by atoms with van der Waals surface area (Å²) in [5.41, 5.74) is 0. The fraction of sp³-hybridized carbons (Fsp3) is 0.600. The number of hydrogen-bond donors (Lipinski definition) is 2. The number of benzene rings is 1. The number of carbonyl (C=O) groups excluding carboxylic acids is 2. The van der Waals surface area contributed by atoms with Gasteiger partial charge < -0.3 is 10.6 Å². The fourth-order valence-corrected chi connectivity index (χ4v) is 5.38. The van der Waals surface area contributed by atoms with Crippen LogP contribution in [0.2, 0.25) is 0 Å². The number of amides is 2. The van der Waals surface area contributed by atoms with Gasteiger partial charge in [0, 0.05) is 25.0 Å². The SMILES string of the molecule is CSCC[C@H](NC(=O)C1CCN(S(=O)(=O)c2ccc(F)cc2)CC1)C(=O)NC1CC1. The number of hydrogen-bond acceptors (Lipinski definition) is 5. The molecule has 0 aromatic heterocycles. The molecule has 10 heteroatoms. The van der Waals surface area contributed by atoms with Crippen LogP contribution in [0.25, 0.3) is 0 Å². The van der Waals surface area contributed by atoms with Gasteiger partial charge in [0.2, 0.25) is 21.8 Å². The van der Waals surface area contributed by atoms with Gasteiger partial charge in [-0.3, -0.25) is 9.59 Å². The zero-order chi connectivity index (χ0) is 21.7. The van der Waals surface area contributed by atoms with Crippen LogP contribution in [0, 0.1) is 11.7 Å². The Morgan fingerprint density at radius 1 is 1.17 bits per heavy atom. The predicted molar refractivity (Wildman–Crippen MR) is 114 cm³/mol. The van der Waals surface area contributed by atoms with E-state index in [1.807, 2.05) is 6.26 Å². The van der Waals surface area contributed by atoms with Crippen molar-refractivity contribution < 1.29 is 22.4 Å². The molecule has 1 saturated heterocycles. The molecule has 2 aliphatic rings. The van der Waals surface area contributed by atoms with Gasteiger partial charge in [-0.05, 0) is 68.4 Å². The third kappa shape index (κ3) is 5.95. The molecule has 166 valence electrons. The van der Waals surface area contributed by atoms with Crippen molar-refractivity contribution in [3.8, 4) is 0 Å². The van der Waals surface area contributed by atoms with E-state index < -0.39 is 21.9 Å². The topological polar surface area (TPSA) is 95.6 Å². The summed E-state index contributed by atoms with van der Waals surface area (Å²) in [6, 6.07) is 4.40. The third-order valence-electron chi connectivity index (χ3n) is 5.44. The number of piperidine rings is 1. The maximum absolute atomic E-state index is 13.1. The van der Waals surface area contributed by atoms with E-state index in [1.54, 1.807) is 11.8 Å². The van der Waals surface area contributed by atoms with Gasteiger partial charge in [0.25, 0.3) is 0 Å². The summed E-state index contributed by atoms with van der Waals surface area (Å²) in [4.78, 5) is 25.2. The number of nitrogens with zero attached hydrogens (tertiary/aromatic N) is 1. The Balaban J connectivity index is 1.55. The van der Waals surface area contributed by atoms with E-state index in [9.17, 15) is 22.4 Å². The molecule has 1 heterocycles. The van der Waals surface area contributed by atoms with Gasteiger partial charge >= 0.3 is 0 Å². The summed E-state index contributed by atoms with van der Waals surface area (Å²) in [5.74, 6) is -0.416. The van der Waals surface area contributed by atoms with Crippen LogP contribution in [0.1, 0.15) is 32.1 Å². The molecule has 1 aliphatic heterocycles. The van der Waals surface area contributed by atoms with Crippen LogP contribution in [0.3, 0.4) is 0 Å². The van der Waals surface area contributed by atoms with E-state index in [0.717, 1.165) is 30.7 Å². The van der Waals surface area contributed by atoms with Crippen LogP contribution in [-0.4, -0.2) is 61.7 Å². The average molecular weight is 458 g/mol. The number of rotatable bonds is 9. The van der Waals surface area contributed by atoms with Crippen LogP contribution in [-0.2, 0) is 19.6 Å². The smallest absolute Gasteiger partial charge is 0.243 e. The second-order valence-electron chi connectivity index (χ2n) is 7.76. The number of halogens is 1. The lowest BCUT2D eigenvalue weighted by Gasteiger charge is -2.31. The van der Waals surface area contributed by atoms with Crippen molar-refractivity contribution in [2.24, 2.45) is 5.92 Å².